The van der Waals surface area contributed by atoms with E-state index in [-0.39, 0.29) is 5.91 Å². The van der Waals surface area contributed by atoms with E-state index in [1.54, 1.807) is 6.92 Å². The van der Waals surface area contributed by atoms with Crippen LogP contribution >= 0.6 is 0 Å². The number of hydrogen-bond acceptors (Lipinski definition) is 2. The number of imidazole rings is 1. The third-order valence-electron chi connectivity index (χ3n) is 3.05. The predicted octanol–water partition coefficient (Wildman–Crippen LogP) is 2.50. The average molecular weight is 269 g/mol. The van der Waals surface area contributed by atoms with Gasteiger partial charge in [0.05, 0.1) is 12.2 Å². The fraction of sp³-hybridized carbons (Fsp3) is 0.250. The van der Waals surface area contributed by atoms with E-state index in [9.17, 15) is 4.79 Å². The van der Waals surface area contributed by atoms with Gasteiger partial charge in [0.1, 0.15) is 5.82 Å². The maximum Gasteiger partial charge on any atom is 0.246 e. The molecule has 1 heterocycles. The minimum atomic E-state index is -0.142. The molecule has 0 saturated carbocycles. The van der Waals surface area contributed by atoms with Crippen molar-refractivity contribution in [2.24, 2.45) is 0 Å². The average Bonchev–Trinajstić information content (AvgIpc) is 2.77. The Kier molecular flexibility index (Phi) is 4.35. The molecule has 20 heavy (non-hydrogen) atoms. The van der Waals surface area contributed by atoms with Crippen molar-refractivity contribution in [3.63, 3.8) is 0 Å². The van der Waals surface area contributed by atoms with Crippen molar-refractivity contribution < 1.29 is 4.79 Å². The number of carbonyl (C=O) groups is 1. The first-order valence-corrected chi connectivity index (χ1v) is 6.58. The number of nitrogens with one attached hydrogen (secondary N) is 2. The van der Waals surface area contributed by atoms with Crippen LogP contribution in [0.2, 0.25) is 0 Å². The Hall–Kier alpha value is -2.36. The zero-order valence-electron chi connectivity index (χ0n) is 11.9. The highest BCUT2D eigenvalue weighted by atomic mass is 16.1. The molecular formula is C16H19N3O. The van der Waals surface area contributed by atoms with Crippen LogP contribution in [0.1, 0.15) is 29.7 Å². The molecule has 104 valence electrons. The number of nitrogens with zero attached hydrogens (tertiary/aromatic N) is 1. The maximum absolute atomic E-state index is 11.5. The summed E-state index contributed by atoms with van der Waals surface area (Å²) in [6.07, 6.45) is 0.760. The van der Waals surface area contributed by atoms with Gasteiger partial charge in [0, 0.05) is 17.7 Å². The first-order valence-electron chi connectivity index (χ1n) is 6.58. The lowest BCUT2D eigenvalue weighted by Crippen LogP contribution is -2.23. The number of carbonyl (C=O) groups excluding carboxylic acids is 1. The van der Waals surface area contributed by atoms with Crippen LogP contribution in [0.25, 0.3) is 0 Å². The lowest BCUT2D eigenvalue weighted by Gasteiger charge is -2.02. The molecule has 1 aromatic heterocycles. The maximum atomic E-state index is 11.5. The van der Waals surface area contributed by atoms with Crippen LogP contribution in [0.4, 0.5) is 0 Å². The van der Waals surface area contributed by atoms with Crippen LogP contribution in [-0.4, -0.2) is 15.9 Å². The third kappa shape index (κ3) is 3.57. The summed E-state index contributed by atoms with van der Waals surface area (Å²) in [4.78, 5) is 19.3. The Bertz CT molecular complexity index is 614. The molecule has 1 aromatic carbocycles. The van der Waals surface area contributed by atoms with E-state index in [1.807, 2.05) is 25.1 Å². The minimum Gasteiger partial charge on any atom is -0.347 e. The summed E-state index contributed by atoms with van der Waals surface area (Å²) in [5.41, 5.74) is 3.56. The number of aryl methyl sites for hydroxylation is 1. The SMILES string of the molecule is C=C(C)C(=O)NCc1nc(Cc2ccccc2)[nH]c1C. The van der Waals surface area contributed by atoms with Crippen LogP contribution in [0.3, 0.4) is 0 Å². The van der Waals surface area contributed by atoms with Gasteiger partial charge in [-0.1, -0.05) is 36.9 Å². The lowest BCUT2D eigenvalue weighted by molar-refractivity contribution is -0.117. The summed E-state index contributed by atoms with van der Waals surface area (Å²) >= 11 is 0. The molecule has 0 aliphatic heterocycles. The van der Waals surface area contributed by atoms with E-state index in [1.165, 1.54) is 5.56 Å². The first kappa shape index (κ1) is 14.1. The number of aromatic nitrogens is 2. The normalized spacial score (nSPS) is 10.3. The molecule has 0 radical (unpaired) electrons. The highest BCUT2D eigenvalue weighted by Gasteiger charge is 2.09. The minimum absolute atomic E-state index is 0.142. The van der Waals surface area contributed by atoms with Gasteiger partial charge in [-0.15, -0.1) is 0 Å². The molecule has 0 atom stereocenters. The van der Waals surface area contributed by atoms with Gasteiger partial charge in [-0.3, -0.25) is 4.79 Å². The summed E-state index contributed by atoms with van der Waals surface area (Å²) < 4.78 is 0. The molecule has 4 heteroatoms. The van der Waals surface area contributed by atoms with Gasteiger partial charge in [-0.05, 0) is 19.4 Å². The molecular weight excluding hydrogens is 250 g/mol. The third-order valence-corrected chi connectivity index (χ3v) is 3.05. The van der Waals surface area contributed by atoms with Gasteiger partial charge in [-0.25, -0.2) is 4.98 Å². The van der Waals surface area contributed by atoms with E-state index in [4.69, 9.17) is 0 Å². The smallest absolute Gasteiger partial charge is 0.246 e. The van der Waals surface area contributed by atoms with Gasteiger partial charge in [0.15, 0.2) is 0 Å². The van der Waals surface area contributed by atoms with E-state index in [0.29, 0.717) is 12.1 Å². The van der Waals surface area contributed by atoms with Crippen molar-refractivity contribution in [2.45, 2.75) is 26.8 Å². The van der Waals surface area contributed by atoms with E-state index in [2.05, 4.69) is 34.0 Å². The van der Waals surface area contributed by atoms with Crippen LogP contribution in [0, 0.1) is 6.92 Å². The molecule has 0 bridgehead atoms. The molecule has 2 N–H and O–H groups in total. The molecule has 1 amide bonds. The van der Waals surface area contributed by atoms with Crippen molar-refractivity contribution in [3.05, 3.63) is 65.3 Å². The zero-order chi connectivity index (χ0) is 14.5. The van der Waals surface area contributed by atoms with Crippen molar-refractivity contribution in [1.82, 2.24) is 15.3 Å². The number of aromatic amines is 1. The first-order chi connectivity index (χ1) is 9.56. The summed E-state index contributed by atoms with van der Waals surface area (Å²) in [7, 11) is 0. The van der Waals surface area contributed by atoms with E-state index < -0.39 is 0 Å². The largest absolute Gasteiger partial charge is 0.347 e. The van der Waals surface area contributed by atoms with Crippen LogP contribution in [0.15, 0.2) is 42.5 Å². The number of rotatable bonds is 5. The topological polar surface area (TPSA) is 57.8 Å². The van der Waals surface area contributed by atoms with Gasteiger partial charge in [-0.2, -0.15) is 0 Å². The quantitative estimate of drug-likeness (QED) is 0.819. The monoisotopic (exact) mass is 269 g/mol. The predicted molar refractivity (Wildman–Crippen MR) is 79.2 cm³/mol. The van der Waals surface area contributed by atoms with Crippen LogP contribution in [0.5, 0.6) is 0 Å². The van der Waals surface area contributed by atoms with Crippen molar-refractivity contribution >= 4 is 5.91 Å². The molecule has 0 fully saturated rings. The Balaban J connectivity index is 2.02. The Morgan fingerprint density at radius 3 is 2.70 bits per heavy atom. The fourth-order valence-corrected chi connectivity index (χ4v) is 1.92. The Morgan fingerprint density at radius 1 is 1.35 bits per heavy atom. The Labute approximate surface area is 118 Å². The van der Waals surface area contributed by atoms with Crippen molar-refractivity contribution in [3.8, 4) is 0 Å². The second-order valence-corrected chi connectivity index (χ2v) is 4.88. The van der Waals surface area contributed by atoms with Crippen LogP contribution in [-0.2, 0) is 17.8 Å². The lowest BCUT2D eigenvalue weighted by atomic mass is 10.1. The molecule has 4 nitrogen and oxygen atoms in total. The number of amides is 1. The van der Waals surface area contributed by atoms with Gasteiger partial charge in [0.2, 0.25) is 5.91 Å². The standard InChI is InChI=1S/C16H19N3O/c1-11(2)16(20)17-10-14-12(3)18-15(19-14)9-13-7-5-4-6-8-13/h4-8H,1,9-10H2,2-3H3,(H,17,20)(H,18,19). The summed E-state index contributed by atoms with van der Waals surface area (Å²) in [6.45, 7) is 7.68. The van der Waals surface area contributed by atoms with Crippen molar-refractivity contribution in [2.75, 3.05) is 0 Å². The second-order valence-electron chi connectivity index (χ2n) is 4.88. The molecule has 2 aromatic rings. The zero-order valence-corrected chi connectivity index (χ0v) is 11.9. The molecule has 0 saturated heterocycles. The second kappa shape index (κ2) is 6.19. The summed E-state index contributed by atoms with van der Waals surface area (Å²) in [6, 6.07) is 10.2. The van der Waals surface area contributed by atoms with Gasteiger partial charge in [0.25, 0.3) is 0 Å². The van der Waals surface area contributed by atoms with Gasteiger partial charge < -0.3 is 10.3 Å². The molecule has 0 unspecified atom stereocenters. The fourth-order valence-electron chi connectivity index (χ4n) is 1.92. The van der Waals surface area contributed by atoms with Gasteiger partial charge >= 0.3 is 0 Å². The molecule has 0 aliphatic carbocycles. The number of benzene rings is 1. The molecule has 0 spiro atoms. The van der Waals surface area contributed by atoms with E-state index in [0.717, 1.165) is 23.6 Å². The van der Waals surface area contributed by atoms with E-state index >= 15 is 0 Å². The van der Waals surface area contributed by atoms with Crippen molar-refractivity contribution in [1.29, 1.82) is 0 Å². The van der Waals surface area contributed by atoms with Crippen LogP contribution < -0.4 is 5.32 Å². The Morgan fingerprint density at radius 2 is 2.05 bits per heavy atom. The number of hydrogen-bond donors (Lipinski definition) is 2. The highest BCUT2D eigenvalue weighted by Crippen LogP contribution is 2.10. The number of H-pyrrole nitrogens is 1. The molecule has 2 rings (SSSR count). The molecule has 0 aliphatic rings. The summed E-state index contributed by atoms with van der Waals surface area (Å²) in [5, 5.41) is 2.80. The highest BCUT2D eigenvalue weighted by molar-refractivity contribution is 5.91. The summed E-state index contributed by atoms with van der Waals surface area (Å²) in [5.74, 6) is 0.769.